The first-order valence-corrected chi connectivity index (χ1v) is 11.5. The zero-order chi connectivity index (χ0) is 22.6. The summed E-state index contributed by atoms with van der Waals surface area (Å²) in [4.78, 5) is 36.8. The number of aromatic nitrogens is 4. The molecule has 12 heteroatoms. The molecule has 3 aromatic rings. The summed E-state index contributed by atoms with van der Waals surface area (Å²) in [5, 5.41) is 0. The first-order valence-electron chi connectivity index (χ1n) is 9.82. The number of likely N-dealkylation sites (tertiary alicyclic amines) is 1. The second-order valence-electron chi connectivity index (χ2n) is 7.02. The molecule has 1 N–H and O–H groups in total. The minimum absolute atomic E-state index is 0.166. The molecule has 2 aromatic heterocycles. The highest BCUT2D eigenvalue weighted by Crippen LogP contribution is 2.23. The highest BCUT2D eigenvalue weighted by Gasteiger charge is 2.27. The fourth-order valence-corrected chi connectivity index (χ4v) is 4.14. The van der Waals surface area contributed by atoms with Crippen LogP contribution in [-0.4, -0.2) is 56.9 Å². The number of hydrogen-bond acceptors (Lipinski definition) is 8. The van der Waals surface area contributed by atoms with Crippen LogP contribution < -0.4 is 9.46 Å². The molecule has 4 rings (SSSR count). The molecule has 2 amide bonds. The van der Waals surface area contributed by atoms with E-state index in [1.807, 2.05) is 0 Å². The topological polar surface area (TPSA) is 136 Å². The summed E-state index contributed by atoms with van der Waals surface area (Å²) in [7, 11) is -3.75. The van der Waals surface area contributed by atoms with Gasteiger partial charge < -0.3 is 4.74 Å². The maximum Gasteiger partial charge on any atom is 0.234 e. The Kier molecular flexibility index (Phi) is 6.12. The molecular weight excluding hydrogens is 436 g/mol. The van der Waals surface area contributed by atoms with Crippen molar-refractivity contribution in [2.24, 2.45) is 0 Å². The molecule has 1 aromatic carbocycles. The highest BCUT2D eigenvalue weighted by atomic mass is 32.2. The van der Waals surface area contributed by atoms with Gasteiger partial charge in [0.25, 0.3) is 0 Å². The third kappa shape index (κ3) is 5.27. The van der Waals surface area contributed by atoms with E-state index in [-0.39, 0.29) is 37.0 Å². The molecule has 1 fully saturated rings. The van der Waals surface area contributed by atoms with Crippen LogP contribution in [0.2, 0.25) is 0 Å². The number of hydrogen-bond donors (Lipinski definition) is 1. The first kappa shape index (κ1) is 21.4. The second-order valence-corrected chi connectivity index (χ2v) is 8.87. The number of ether oxygens (including phenoxy) is 1. The van der Waals surface area contributed by atoms with E-state index in [9.17, 15) is 18.0 Å². The van der Waals surface area contributed by atoms with Crippen LogP contribution in [0.5, 0.6) is 11.6 Å². The number of rotatable bonds is 8. The van der Waals surface area contributed by atoms with E-state index in [2.05, 4.69) is 19.7 Å². The summed E-state index contributed by atoms with van der Waals surface area (Å²) in [5.41, 5.74) is 0.329. The zero-order valence-electron chi connectivity index (χ0n) is 16.9. The minimum atomic E-state index is -3.75. The molecule has 0 spiro atoms. The lowest BCUT2D eigenvalue weighted by atomic mass is 10.1. The van der Waals surface area contributed by atoms with Gasteiger partial charge in [-0.05, 0) is 30.7 Å². The lowest BCUT2D eigenvalue weighted by Crippen LogP contribution is -2.43. The van der Waals surface area contributed by atoms with Crippen LogP contribution in [0.4, 0.5) is 5.69 Å². The zero-order valence-corrected chi connectivity index (χ0v) is 17.7. The van der Waals surface area contributed by atoms with Crippen molar-refractivity contribution in [3.05, 3.63) is 55.4 Å². The molecule has 3 heterocycles. The lowest BCUT2D eigenvalue weighted by molar-refractivity contribution is -0.147. The summed E-state index contributed by atoms with van der Waals surface area (Å²) < 4.78 is 34.6. The average molecular weight is 456 g/mol. The number of imidazole rings is 1. The minimum Gasteiger partial charge on any atom is -0.439 e. The molecule has 32 heavy (non-hydrogen) atoms. The number of carbonyl (C=O) groups excluding carboxylic acids is 2. The van der Waals surface area contributed by atoms with Crippen LogP contribution in [0.15, 0.2) is 55.4 Å². The van der Waals surface area contributed by atoms with E-state index < -0.39 is 10.0 Å². The highest BCUT2D eigenvalue weighted by molar-refractivity contribution is 7.92. The van der Waals surface area contributed by atoms with Crippen molar-refractivity contribution < 1.29 is 22.7 Å². The molecule has 0 radical (unpaired) electrons. The van der Waals surface area contributed by atoms with E-state index in [0.29, 0.717) is 29.6 Å². The van der Waals surface area contributed by atoms with E-state index in [0.717, 1.165) is 4.90 Å². The Morgan fingerprint density at radius 3 is 2.50 bits per heavy atom. The number of amides is 2. The first-order chi connectivity index (χ1) is 15.4. The standard InChI is InChI=1S/C20H20N6O5S/c27-19-2-1-3-20(28)26(19)10-11-32(29,30)24-15-4-6-16(7-5-15)31-18-12-17(22-13-23-18)25-9-8-21-14-25/h4-9,12-14,24H,1-3,10-11H2. The molecule has 1 aliphatic heterocycles. The van der Waals surface area contributed by atoms with Gasteiger partial charge in [0.2, 0.25) is 27.7 Å². The third-order valence-electron chi connectivity index (χ3n) is 4.71. The molecule has 0 aliphatic carbocycles. The molecule has 0 saturated carbocycles. The number of benzene rings is 1. The van der Waals surface area contributed by atoms with Gasteiger partial charge in [-0.3, -0.25) is 23.8 Å². The van der Waals surface area contributed by atoms with Gasteiger partial charge in [0.05, 0.1) is 5.75 Å². The van der Waals surface area contributed by atoms with Gasteiger partial charge in [0.15, 0.2) is 0 Å². The Hall–Kier alpha value is -3.80. The largest absolute Gasteiger partial charge is 0.439 e. The molecule has 11 nitrogen and oxygen atoms in total. The van der Waals surface area contributed by atoms with Crippen LogP contribution in [-0.2, 0) is 19.6 Å². The summed E-state index contributed by atoms with van der Waals surface area (Å²) in [6.45, 7) is -0.166. The van der Waals surface area contributed by atoms with Crippen LogP contribution in [0.3, 0.4) is 0 Å². The smallest absolute Gasteiger partial charge is 0.234 e. The van der Waals surface area contributed by atoms with Gasteiger partial charge >= 0.3 is 0 Å². The molecule has 0 unspecified atom stereocenters. The molecular formula is C20H20N6O5S. The summed E-state index contributed by atoms with van der Waals surface area (Å²) >= 11 is 0. The summed E-state index contributed by atoms with van der Waals surface area (Å²) in [5.74, 6) is 0.307. The van der Waals surface area contributed by atoms with Crippen molar-refractivity contribution in [3.8, 4) is 17.4 Å². The quantitative estimate of drug-likeness (QED) is 0.506. The lowest BCUT2D eigenvalue weighted by Gasteiger charge is -2.24. The molecule has 0 bridgehead atoms. The van der Waals surface area contributed by atoms with E-state index in [1.54, 1.807) is 53.6 Å². The molecule has 166 valence electrons. The van der Waals surface area contributed by atoms with Crippen LogP contribution in [0, 0.1) is 0 Å². The fraction of sp³-hybridized carbons (Fsp3) is 0.250. The average Bonchev–Trinajstić information content (AvgIpc) is 3.30. The molecule has 0 atom stereocenters. The molecule has 1 saturated heterocycles. The predicted octanol–water partition coefficient (Wildman–Crippen LogP) is 1.74. The molecule has 1 aliphatic rings. The van der Waals surface area contributed by atoms with Crippen molar-refractivity contribution in [1.82, 2.24) is 24.4 Å². The Balaban J connectivity index is 1.36. The van der Waals surface area contributed by atoms with Crippen LogP contribution in [0.1, 0.15) is 19.3 Å². The number of carbonyl (C=O) groups is 2. The normalized spacial score (nSPS) is 14.4. The van der Waals surface area contributed by atoms with Crippen LogP contribution in [0.25, 0.3) is 5.82 Å². The number of nitrogens with zero attached hydrogens (tertiary/aromatic N) is 5. The van der Waals surface area contributed by atoms with Gasteiger partial charge in [-0.2, -0.15) is 0 Å². The SMILES string of the molecule is O=C1CCCC(=O)N1CCS(=O)(=O)Nc1ccc(Oc2cc(-n3ccnc3)ncn2)cc1. The predicted molar refractivity (Wildman–Crippen MR) is 114 cm³/mol. The van der Waals surface area contributed by atoms with Gasteiger partial charge in [0, 0.05) is 43.5 Å². The van der Waals surface area contributed by atoms with Crippen molar-refractivity contribution >= 4 is 27.5 Å². The summed E-state index contributed by atoms with van der Waals surface area (Å²) in [6, 6.07) is 7.91. The van der Waals surface area contributed by atoms with Crippen molar-refractivity contribution in [2.75, 3.05) is 17.0 Å². The maximum atomic E-state index is 12.4. The number of anilines is 1. The number of imide groups is 1. The van der Waals surface area contributed by atoms with Gasteiger partial charge in [-0.25, -0.2) is 23.4 Å². The van der Waals surface area contributed by atoms with E-state index in [1.165, 1.54) is 6.33 Å². The van der Waals surface area contributed by atoms with Crippen molar-refractivity contribution in [2.45, 2.75) is 19.3 Å². The Labute approximate surface area is 184 Å². The van der Waals surface area contributed by atoms with E-state index in [4.69, 9.17) is 4.74 Å². The monoisotopic (exact) mass is 456 g/mol. The fourth-order valence-electron chi connectivity index (χ4n) is 3.12. The Morgan fingerprint density at radius 2 is 1.81 bits per heavy atom. The van der Waals surface area contributed by atoms with Crippen LogP contribution >= 0.6 is 0 Å². The Morgan fingerprint density at radius 1 is 1.06 bits per heavy atom. The second kappa shape index (κ2) is 9.14. The van der Waals surface area contributed by atoms with E-state index >= 15 is 0 Å². The van der Waals surface area contributed by atoms with Gasteiger partial charge in [-0.15, -0.1) is 0 Å². The third-order valence-corrected chi connectivity index (χ3v) is 5.98. The summed E-state index contributed by atoms with van der Waals surface area (Å²) in [6.07, 6.45) is 7.37. The maximum absolute atomic E-state index is 12.4. The van der Waals surface area contributed by atoms with Crippen molar-refractivity contribution in [3.63, 3.8) is 0 Å². The number of piperidine rings is 1. The number of nitrogens with one attached hydrogen (secondary N) is 1. The van der Waals surface area contributed by atoms with Gasteiger partial charge in [-0.1, -0.05) is 0 Å². The Bertz CT molecular complexity index is 1200. The van der Waals surface area contributed by atoms with Gasteiger partial charge in [0.1, 0.15) is 24.2 Å². The van der Waals surface area contributed by atoms with Crippen molar-refractivity contribution in [1.29, 1.82) is 0 Å². The number of sulfonamides is 1.